The van der Waals surface area contributed by atoms with Gasteiger partial charge in [-0.05, 0) is 31.5 Å². The minimum absolute atomic E-state index is 0.273. The largest absolute Gasteiger partial charge is 0.271 e. The Labute approximate surface area is 132 Å². The van der Waals surface area contributed by atoms with E-state index in [1.165, 1.54) is 6.07 Å². The molecule has 3 N–H and O–H groups in total. The maximum atomic E-state index is 14.1. The van der Waals surface area contributed by atoms with Gasteiger partial charge in [-0.2, -0.15) is 5.10 Å². The second-order valence-electron chi connectivity index (χ2n) is 4.86. The summed E-state index contributed by atoms with van der Waals surface area (Å²) in [5, 5.41) is 4.52. The van der Waals surface area contributed by atoms with Crippen molar-refractivity contribution in [1.29, 1.82) is 0 Å². The topological polar surface area (TPSA) is 55.9 Å². The summed E-state index contributed by atoms with van der Waals surface area (Å²) in [5.41, 5.74) is 5.35. The van der Waals surface area contributed by atoms with Crippen molar-refractivity contribution in [3.05, 3.63) is 51.5 Å². The lowest BCUT2D eigenvalue weighted by molar-refractivity contribution is 0.488. The molecule has 0 aliphatic rings. The van der Waals surface area contributed by atoms with E-state index in [2.05, 4.69) is 39.4 Å². The standard InChI is InChI=1S/C15H20BrFN4/c1-3-10-8-11(21(4-2)20-10)9-14(19-18)15-12(16)6-5-7-13(15)17/h5-8,14,19H,3-4,9,18H2,1-2H3. The molecule has 0 fully saturated rings. The van der Waals surface area contributed by atoms with E-state index in [0.29, 0.717) is 16.5 Å². The Morgan fingerprint density at radius 2 is 2.19 bits per heavy atom. The van der Waals surface area contributed by atoms with Crippen LogP contribution in [0, 0.1) is 5.82 Å². The van der Waals surface area contributed by atoms with Crippen molar-refractivity contribution in [2.45, 2.75) is 39.3 Å². The van der Waals surface area contributed by atoms with E-state index in [-0.39, 0.29) is 11.9 Å². The van der Waals surface area contributed by atoms with Gasteiger partial charge in [0.2, 0.25) is 0 Å². The summed E-state index contributed by atoms with van der Waals surface area (Å²) < 4.78 is 16.8. The zero-order valence-corrected chi connectivity index (χ0v) is 13.8. The minimum Gasteiger partial charge on any atom is -0.271 e. The normalized spacial score (nSPS) is 12.6. The lowest BCUT2D eigenvalue weighted by Crippen LogP contribution is -2.31. The van der Waals surface area contributed by atoms with Crippen LogP contribution in [0.3, 0.4) is 0 Å². The van der Waals surface area contributed by atoms with Crippen molar-refractivity contribution >= 4 is 15.9 Å². The van der Waals surface area contributed by atoms with E-state index in [1.54, 1.807) is 6.07 Å². The molecule has 114 valence electrons. The van der Waals surface area contributed by atoms with Gasteiger partial charge in [-0.3, -0.25) is 16.0 Å². The van der Waals surface area contributed by atoms with Gasteiger partial charge in [0.1, 0.15) is 5.82 Å². The fourth-order valence-corrected chi connectivity index (χ4v) is 3.04. The highest BCUT2D eigenvalue weighted by atomic mass is 79.9. The first-order valence-electron chi connectivity index (χ1n) is 7.06. The van der Waals surface area contributed by atoms with Crippen LogP contribution in [0.15, 0.2) is 28.7 Å². The number of nitrogens with one attached hydrogen (secondary N) is 1. The molecule has 0 spiro atoms. The minimum atomic E-state index is -0.313. The highest BCUT2D eigenvalue weighted by molar-refractivity contribution is 9.10. The smallest absolute Gasteiger partial charge is 0.129 e. The molecule has 1 heterocycles. The fraction of sp³-hybridized carbons (Fsp3) is 0.400. The first kappa shape index (κ1) is 16.1. The summed E-state index contributed by atoms with van der Waals surface area (Å²) >= 11 is 3.40. The molecule has 0 saturated carbocycles. The van der Waals surface area contributed by atoms with Crippen LogP contribution in [0.5, 0.6) is 0 Å². The molecule has 2 aromatic rings. The Bertz CT molecular complexity index is 591. The number of hydrogen-bond acceptors (Lipinski definition) is 3. The number of benzene rings is 1. The first-order chi connectivity index (χ1) is 10.1. The van der Waals surface area contributed by atoms with Crippen molar-refractivity contribution in [2.75, 3.05) is 0 Å². The molecule has 2 rings (SSSR count). The number of hydrazine groups is 1. The lowest BCUT2D eigenvalue weighted by atomic mass is 10.0. The highest BCUT2D eigenvalue weighted by Gasteiger charge is 2.20. The molecule has 0 amide bonds. The zero-order chi connectivity index (χ0) is 15.4. The Hall–Kier alpha value is -1.24. The Morgan fingerprint density at radius 3 is 2.76 bits per heavy atom. The van der Waals surface area contributed by atoms with Crippen LogP contribution in [0.1, 0.15) is 36.8 Å². The number of hydrogen-bond donors (Lipinski definition) is 2. The van der Waals surface area contributed by atoms with Gasteiger partial charge in [0.05, 0.1) is 11.7 Å². The van der Waals surface area contributed by atoms with E-state index < -0.39 is 0 Å². The fourth-order valence-electron chi connectivity index (χ4n) is 2.42. The van der Waals surface area contributed by atoms with Crippen LogP contribution in [0.4, 0.5) is 4.39 Å². The van der Waals surface area contributed by atoms with Gasteiger partial charge in [-0.15, -0.1) is 0 Å². The van der Waals surface area contributed by atoms with Crippen LogP contribution in [0.2, 0.25) is 0 Å². The Balaban J connectivity index is 2.33. The van der Waals surface area contributed by atoms with Gasteiger partial charge < -0.3 is 0 Å². The van der Waals surface area contributed by atoms with E-state index in [0.717, 1.165) is 24.4 Å². The molecular formula is C15H20BrFN4. The van der Waals surface area contributed by atoms with Crippen LogP contribution in [0.25, 0.3) is 0 Å². The van der Waals surface area contributed by atoms with Gasteiger partial charge in [0.15, 0.2) is 0 Å². The summed E-state index contributed by atoms with van der Waals surface area (Å²) in [5.74, 6) is 5.38. The molecule has 0 aliphatic heterocycles. The van der Waals surface area contributed by atoms with E-state index >= 15 is 0 Å². The first-order valence-corrected chi connectivity index (χ1v) is 7.85. The van der Waals surface area contributed by atoms with Gasteiger partial charge in [-0.1, -0.05) is 28.9 Å². The Kier molecular flexibility index (Phi) is 5.50. The second kappa shape index (κ2) is 7.15. The third-order valence-corrected chi connectivity index (χ3v) is 4.23. The average molecular weight is 355 g/mol. The highest BCUT2D eigenvalue weighted by Crippen LogP contribution is 2.28. The van der Waals surface area contributed by atoms with Gasteiger partial charge in [-0.25, -0.2) is 4.39 Å². The molecule has 1 unspecified atom stereocenters. The molecule has 0 saturated heterocycles. The molecule has 6 heteroatoms. The molecule has 0 radical (unpaired) electrons. The Morgan fingerprint density at radius 1 is 1.43 bits per heavy atom. The number of nitrogens with two attached hydrogens (primary N) is 1. The molecular weight excluding hydrogens is 335 g/mol. The van der Waals surface area contributed by atoms with Crippen molar-refractivity contribution < 1.29 is 4.39 Å². The van der Waals surface area contributed by atoms with Crippen molar-refractivity contribution in [3.8, 4) is 0 Å². The number of aryl methyl sites for hydroxylation is 2. The lowest BCUT2D eigenvalue weighted by Gasteiger charge is -2.19. The van der Waals surface area contributed by atoms with Crippen LogP contribution in [-0.4, -0.2) is 9.78 Å². The third-order valence-electron chi connectivity index (χ3n) is 3.54. The summed E-state index contributed by atoms with van der Waals surface area (Å²) in [7, 11) is 0. The maximum absolute atomic E-state index is 14.1. The van der Waals surface area contributed by atoms with E-state index in [1.807, 2.05) is 17.7 Å². The summed E-state index contributed by atoms with van der Waals surface area (Å²) in [6, 6.07) is 6.67. The zero-order valence-electron chi connectivity index (χ0n) is 12.2. The summed E-state index contributed by atoms with van der Waals surface area (Å²) in [6.07, 6.45) is 1.46. The maximum Gasteiger partial charge on any atom is 0.129 e. The van der Waals surface area contributed by atoms with Gasteiger partial charge in [0, 0.05) is 28.7 Å². The van der Waals surface area contributed by atoms with Crippen LogP contribution < -0.4 is 11.3 Å². The van der Waals surface area contributed by atoms with Crippen molar-refractivity contribution in [1.82, 2.24) is 15.2 Å². The van der Waals surface area contributed by atoms with E-state index in [9.17, 15) is 4.39 Å². The number of aromatic nitrogens is 2. The predicted molar refractivity (Wildman–Crippen MR) is 85.1 cm³/mol. The average Bonchev–Trinajstić information content (AvgIpc) is 2.88. The molecule has 4 nitrogen and oxygen atoms in total. The second-order valence-corrected chi connectivity index (χ2v) is 5.71. The van der Waals surface area contributed by atoms with Gasteiger partial charge >= 0.3 is 0 Å². The number of rotatable bonds is 6. The molecule has 1 aromatic heterocycles. The van der Waals surface area contributed by atoms with Gasteiger partial charge in [0.25, 0.3) is 0 Å². The predicted octanol–water partition coefficient (Wildman–Crippen LogP) is 3.11. The monoisotopic (exact) mass is 354 g/mol. The van der Waals surface area contributed by atoms with Crippen molar-refractivity contribution in [3.63, 3.8) is 0 Å². The quantitative estimate of drug-likeness (QED) is 0.618. The van der Waals surface area contributed by atoms with Crippen molar-refractivity contribution in [2.24, 2.45) is 5.84 Å². The van der Waals surface area contributed by atoms with Crippen LogP contribution >= 0.6 is 15.9 Å². The third kappa shape index (κ3) is 3.51. The molecule has 1 atom stereocenters. The molecule has 1 aromatic carbocycles. The molecule has 0 bridgehead atoms. The van der Waals surface area contributed by atoms with E-state index in [4.69, 9.17) is 5.84 Å². The molecule has 21 heavy (non-hydrogen) atoms. The number of halogens is 2. The summed E-state index contributed by atoms with van der Waals surface area (Å²) in [4.78, 5) is 0. The number of nitrogens with zero attached hydrogens (tertiary/aromatic N) is 2. The molecule has 0 aliphatic carbocycles. The summed E-state index contributed by atoms with van der Waals surface area (Å²) in [6.45, 7) is 4.89. The SMILES string of the molecule is CCc1cc(CC(NN)c2c(F)cccc2Br)n(CC)n1. The van der Waals surface area contributed by atoms with Crippen LogP contribution in [-0.2, 0) is 19.4 Å².